The summed E-state index contributed by atoms with van der Waals surface area (Å²) < 4.78 is 0. The van der Waals surface area contributed by atoms with Gasteiger partial charge in [-0.25, -0.2) is 4.98 Å². The molecule has 1 rings (SSSR count). The van der Waals surface area contributed by atoms with Crippen molar-refractivity contribution in [1.29, 1.82) is 0 Å². The number of aromatic nitrogens is 2. The Labute approximate surface area is 63.6 Å². The summed E-state index contributed by atoms with van der Waals surface area (Å²) in [6.07, 6.45) is 6.13. The largest absolute Gasteiger partial charge is 0.345 e. The van der Waals surface area contributed by atoms with Crippen molar-refractivity contribution in [3.63, 3.8) is 0 Å². The number of thiol groups is 1. The van der Waals surface area contributed by atoms with E-state index in [1.54, 1.807) is 18.6 Å². The van der Waals surface area contributed by atoms with Gasteiger partial charge in [-0.15, -0.1) is 12.6 Å². The van der Waals surface area contributed by atoms with Crippen molar-refractivity contribution in [1.82, 2.24) is 9.97 Å². The van der Waals surface area contributed by atoms with Crippen LogP contribution in [0.2, 0.25) is 0 Å². The number of nitrogens with zero attached hydrogens (tertiary/aromatic N) is 1. The number of hydrogen-bond acceptors (Lipinski definition) is 2. The van der Waals surface area contributed by atoms with Crippen molar-refractivity contribution in [3.05, 3.63) is 24.3 Å². The Morgan fingerprint density at radius 2 is 2.60 bits per heavy atom. The van der Waals surface area contributed by atoms with Crippen LogP contribution in [0.25, 0.3) is 6.08 Å². The maximum atomic E-state index is 10.3. The van der Waals surface area contributed by atoms with Gasteiger partial charge in [-0.3, -0.25) is 4.79 Å². The maximum absolute atomic E-state index is 10.3. The lowest BCUT2D eigenvalue weighted by molar-refractivity contribution is -0.106. The highest BCUT2D eigenvalue weighted by molar-refractivity contribution is 7.97. The zero-order chi connectivity index (χ0) is 7.40. The van der Waals surface area contributed by atoms with Gasteiger partial charge in [-0.1, -0.05) is 0 Å². The first kappa shape index (κ1) is 7.08. The number of imidazole rings is 1. The standard InChI is InChI=1S/C6H6N2OS/c9-6(10)2-1-5-3-7-4-8-5/h1-4H,(H,7,8)(H,9,10). The Morgan fingerprint density at radius 1 is 1.80 bits per heavy atom. The number of aromatic amines is 1. The number of carbonyl (C=O) groups excluding carboxylic acids is 1. The molecule has 0 aliphatic heterocycles. The van der Waals surface area contributed by atoms with E-state index >= 15 is 0 Å². The highest BCUT2D eigenvalue weighted by atomic mass is 32.1. The normalized spacial score (nSPS) is 10.5. The van der Waals surface area contributed by atoms with E-state index in [2.05, 4.69) is 22.6 Å². The molecule has 0 aliphatic rings. The van der Waals surface area contributed by atoms with Crippen LogP contribution in [-0.4, -0.2) is 15.1 Å². The predicted molar refractivity (Wildman–Crippen MR) is 41.6 cm³/mol. The molecule has 0 fully saturated rings. The zero-order valence-electron chi connectivity index (χ0n) is 5.11. The van der Waals surface area contributed by atoms with Gasteiger partial charge in [0.15, 0.2) is 0 Å². The molecule has 0 bridgehead atoms. The van der Waals surface area contributed by atoms with Crippen LogP contribution in [0.15, 0.2) is 18.6 Å². The third-order valence-electron chi connectivity index (χ3n) is 0.925. The molecule has 10 heavy (non-hydrogen) atoms. The van der Waals surface area contributed by atoms with Gasteiger partial charge in [0.25, 0.3) is 0 Å². The lowest BCUT2D eigenvalue weighted by Gasteiger charge is -1.79. The van der Waals surface area contributed by atoms with Crippen LogP contribution < -0.4 is 0 Å². The van der Waals surface area contributed by atoms with E-state index in [0.29, 0.717) is 0 Å². The zero-order valence-corrected chi connectivity index (χ0v) is 6.01. The van der Waals surface area contributed by atoms with Crippen LogP contribution in [0.4, 0.5) is 0 Å². The Hall–Kier alpha value is -1.03. The molecule has 0 atom stereocenters. The van der Waals surface area contributed by atoms with Gasteiger partial charge in [0.05, 0.1) is 18.2 Å². The summed E-state index contributed by atoms with van der Waals surface area (Å²) in [6.45, 7) is 0. The lowest BCUT2D eigenvalue weighted by Crippen LogP contribution is -1.75. The quantitative estimate of drug-likeness (QED) is 0.490. The molecule has 0 unspecified atom stereocenters. The third kappa shape index (κ3) is 2.06. The van der Waals surface area contributed by atoms with Gasteiger partial charge in [-0.05, 0) is 12.2 Å². The average molecular weight is 154 g/mol. The molecule has 0 saturated heterocycles. The summed E-state index contributed by atoms with van der Waals surface area (Å²) in [6, 6.07) is 0. The first-order valence-corrected chi connectivity index (χ1v) is 3.13. The van der Waals surface area contributed by atoms with E-state index in [4.69, 9.17) is 0 Å². The topological polar surface area (TPSA) is 45.8 Å². The molecule has 1 N–H and O–H groups in total. The van der Waals surface area contributed by atoms with Crippen LogP contribution in [0, 0.1) is 0 Å². The van der Waals surface area contributed by atoms with Crippen LogP contribution in [-0.2, 0) is 4.79 Å². The first-order valence-electron chi connectivity index (χ1n) is 2.68. The molecular formula is C6H6N2OS. The molecule has 1 heterocycles. The number of nitrogens with one attached hydrogen (secondary N) is 1. The van der Waals surface area contributed by atoms with Crippen molar-refractivity contribution in [2.45, 2.75) is 0 Å². The second-order valence-electron chi connectivity index (χ2n) is 1.68. The molecule has 1 aromatic rings. The van der Waals surface area contributed by atoms with Crippen molar-refractivity contribution < 1.29 is 4.79 Å². The monoisotopic (exact) mass is 154 g/mol. The summed E-state index contributed by atoms with van der Waals surface area (Å²) in [4.78, 5) is 16.8. The lowest BCUT2D eigenvalue weighted by atomic mass is 10.4. The fourth-order valence-electron chi connectivity index (χ4n) is 0.519. The highest BCUT2D eigenvalue weighted by Gasteiger charge is 1.86. The predicted octanol–water partition coefficient (Wildman–Crippen LogP) is 0.879. The summed E-state index contributed by atoms with van der Waals surface area (Å²) >= 11 is 3.55. The Bertz CT molecular complexity index is 240. The number of rotatable bonds is 2. The molecule has 0 saturated carbocycles. The van der Waals surface area contributed by atoms with E-state index in [-0.39, 0.29) is 5.12 Å². The van der Waals surface area contributed by atoms with Crippen molar-refractivity contribution in [2.24, 2.45) is 0 Å². The smallest absolute Gasteiger partial charge is 0.209 e. The number of hydrogen-bond donors (Lipinski definition) is 2. The van der Waals surface area contributed by atoms with Gasteiger partial charge in [-0.2, -0.15) is 0 Å². The third-order valence-corrected chi connectivity index (χ3v) is 1.07. The molecule has 0 radical (unpaired) electrons. The fraction of sp³-hybridized carbons (Fsp3) is 0. The second-order valence-corrected chi connectivity index (χ2v) is 2.12. The fourth-order valence-corrected chi connectivity index (χ4v) is 0.593. The molecule has 0 spiro atoms. The van der Waals surface area contributed by atoms with Gasteiger partial charge in [0, 0.05) is 0 Å². The minimum Gasteiger partial charge on any atom is -0.345 e. The maximum Gasteiger partial charge on any atom is 0.209 e. The Morgan fingerprint density at radius 3 is 3.10 bits per heavy atom. The molecular weight excluding hydrogens is 148 g/mol. The van der Waals surface area contributed by atoms with Gasteiger partial charge < -0.3 is 4.98 Å². The van der Waals surface area contributed by atoms with Gasteiger partial charge in [0.2, 0.25) is 5.12 Å². The van der Waals surface area contributed by atoms with Crippen molar-refractivity contribution in [3.8, 4) is 0 Å². The second kappa shape index (κ2) is 3.22. The molecule has 0 amide bonds. The molecule has 0 aliphatic carbocycles. The van der Waals surface area contributed by atoms with E-state index in [9.17, 15) is 4.79 Å². The minimum absolute atomic E-state index is 0.269. The van der Waals surface area contributed by atoms with Crippen molar-refractivity contribution >= 4 is 23.8 Å². The summed E-state index contributed by atoms with van der Waals surface area (Å²) in [5.74, 6) is 0. The SMILES string of the molecule is O=C(S)C=Cc1cnc[nH]1. The van der Waals surface area contributed by atoms with Crippen LogP contribution in [0.3, 0.4) is 0 Å². The van der Waals surface area contributed by atoms with Crippen molar-refractivity contribution in [2.75, 3.05) is 0 Å². The summed E-state index contributed by atoms with van der Waals surface area (Å²) in [5.41, 5.74) is 0.794. The summed E-state index contributed by atoms with van der Waals surface area (Å²) in [5, 5.41) is -0.269. The van der Waals surface area contributed by atoms with Crippen LogP contribution in [0.5, 0.6) is 0 Å². The highest BCUT2D eigenvalue weighted by Crippen LogP contribution is 1.94. The minimum atomic E-state index is -0.269. The van der Waals surface area contributed by atoms with E-state index in [1.165, 1.54) is 6.08 Å². The number of carbonyl (C=O) groups is 1. The van der Waals surface area contributed by atoms with Crippen LogP contribution >= 0.6 is 12.6 Å². The molecule has 1 aromatic heterocycles. The van der Waals surface area contributed by atoms with E-state index < -0.39 is 0 Å². The molecule has 0 aromatic carbocycles. The van der Waals surface area contributed by atoms with E-state index in [0.717, 1.165) is 5.69 Å². The average Bonchev–Trinajstić information content (AvgIpc) is 2.34. The number of H-pyrrole nitrogens is 1. The van der Waals surface area contributed by atoms with Gasteiger partial charge >= 0.3 is 0 Å². The van der Waals surface area contributed by atoms with Gasteiger partial charge in [0.1, 0.15) is 0 Å². The Balaban J connectivity index is 2.64. The molecule has 52 valence electrons. The Kier molecular flexibility index (Phi) is 2.28. The molecule has 4 heteroatoms. The molecule has 3 nitrogen and oxygen atoms in total. The van der Waals surface area contributed by atoms with E-state index in [1.807, 2.05) is 0 Å². The summed E-state index contributed by atoms with van der Waals surface area (Å²) in [7, 11) is 0. The van der Waals surface area contributed by atoms with Crippen LogP contribution in [0.1, 0.15) is 5.69 Å². The first-order chi connectivity index (χ1) is 4.79.